The normalized spacial score (nSPS) is 4.00. The van der Waals surface area contributed by atoms with Crippen LogP contribution in [-0.2, 0) is 0 Å². The minimum Gasteiger partial charge on any atom is -0.652 e. The fourth-order valence-corrected chi connectivity index (χ4v) is 0. The molecule has 0 aliphatic carbocycles. The van der Waals surface area contributed by atoms with Gasteiger partial charge in [-0.05, 0) is 6.16 Å². The van der Waals surface area contributed by atoms with Crippen molar-refractivity contribution in [2.24, 2.45) is 0 Å². The average Bonchev–Trinajstić information content (AvgIpc) is 0.811. The van der Waals surface area contributed by atoms with Gasteiger partial charge in [-0.25, -0.2) is 0 Å². The minimum absolute atomic E-state index is 0. The Morgan fingerprint density at radius 1 is 1.33 bits per heavy atom. The van der Waals surface area contributed by atoms with E-state index in [2.05, 4.69) is 0 Å². The molecule has 6 heavy (non-hydrogen) atoms. The van der Waals surface area contributed by atoms with Gasteiger partial charge in [-0.15, -0.1) is 0 Å². The molecule has 0 amide bonds. The number of carbonyl (C=O) groups is 1. The fraction of sp³-hybridized carbons (Fsp3) is 0. The Hall–Kier alpha value is -0.601. The molecule has 0 fully saturated rings. The summed E-state index contributed by atoms with van der Waals surface area (Å²) in [7, 11) is 0. The summed E-state index contributed by atoms with van der Waals surface area (Å²) in [4.78, 5) is 8.33. The SMILES string of the molecule is O=C([O-])[O-].[Be+2].[NH4+]. The predicted molar refractivity (Wildman–Crippen MR) is 17.1 cm³/mol. The molecule has 0 aromatic heterocycles. The summed E-state index contributed by atoms with van der Waals surface area (Å²) in [5, 5.41) is 16.7. The quantitative estimate of drug-likeness (QED) is 0.332. The van der Waals surface area contributed by atoms with E-state index in [0.29, 0.717) is 0 Å². The smallest absolute Gasteiger partial charge is 0.652 e. The molecule has 0 heterocycles. The Morgan fingerprint density at radius 2 is 1.33 bits per heavy atom. The topological polar surface area (TPSA) is 99.7 Å². The van der Waals surface area contributed by atoms with Gasteiger partial charge in [0.2, 0.25) is 0 Å². The van der Waals surface area contributed by atoms with Crippen LogP contribution in [0, 0.1) is 0 Å². The van der Waals surface area contributed by atoms with Gasteiger partial charge in [0, 0.05) is 0 Å². The standard InChI is InChI=1S/CH2O3.Be.H3N/c2-1(3)4;;/h(H2,2,3,4);;1H3/q;+2;/p-1. The first-order chi connectivity index (χ1) is 1.73. The maximum absolute atomic E-state index is 8.33. The van der Waals surface area contributed by atoms with Gasteiger partial charge in [0.05, 0.1) is 0 Å². The van der Waals surface area contributed by atoms with Crippen LogP contribution in [0.15, 0.2) is 0 Å². The van der Waals surface area contributed by atoms with Crippen molar-refractivity contribution < 1.29 is 15.0 Å². The third-order valence-corrected chi connectivity index (χ3v) is 0. The van der Waals surface area contributed by atoms with Crippen molar-refractivity contribution in [2.45, 2.75) is 0 Å². The zero-order valence-corrected chi connectivity index (χ0v) is 3.43. The van der Waals surface area contributed by atoms with Gasteiger partial charge in [0.25, 0.3) is 0 Å². The fourth-order valence-electron chi connectivity index (χ4n) is 0. The Labute approximate surface area is 38.6 Å². The number of rotatable bonds is 0. The monoisotopic (exact) mass is 87.0 g/mol. The molecule has 0 saturated heterocycles. The molecule has 0 saturated carbocycles. The van der Waals surface area contributed by atoms with Gasteiger partial charge >= 0.3 is 10.1 Å². The Bertz CT molecular complexity index is 33.8. The largest absolute Gasteiger partial charge is 2.00 e. The second-order valence-electron chi connectivity index (χ2n) is 0.250. The van der Waals surface area contributed by atoms with Crippen LogP contribution in [0.25, 0.3) is 0 Å². The summed E-state index contributed by atoms with van der Waals surface area (Å²) in [6.45, 7) is 0. The maximum Gasteiger partial charge on any atom is 2.00 e. The van der Waals surface area contributed by atoms with Crippen molar-refractivity contribution in [3.8, 4) is 0 Å². The van der Waals surface area contributed by atoms with Crippen LogP contribution in [0.3, 0.4) is 0 Å². The summed E-state index contributed by atoms with van der Waals surface area (Å²) in [6.07, 6.45) is -2.33. The van der Waals surface area contributed by atoms with Crippen LogP contribution in [0.4, 0.5) is 4.79 Å². The van der Waals surface area contributed by atoms with Crippen LogP contribution in [0.5, 0.6) is 0 Å². The second-order valence-corrected chi connectivity index (χ2v) is 0.250. The Balaban J connectivity index is -0.0000000450. The molecular weight excluding hydrogens is 83.0 g/mol. The molecule has 0 aliphatic heterocycles. The Morgan fingerprint density at radius 3 is 1.33 bits per heavy atom. The minimum atomic E-state index is -2.33. The van der Waals surface area contributed by atoms with Crippen LogP contribution in [0.1, 0.15) is 0 Å². The first-order valence-electron chi connectivity index (χ1n) is 0.612. The summed E-state index contributed by atoms with van der Waals surface area (Å²) in [6, 6.07) is 0. The van der Waals surface area contributed by atoms with E-state index < -0.39 is 6.16 Å². The number of carboxylic acid groups (broad SMARTS) is 2. The number of carbonyl (C=O) groups excluding carboxylic acids is 1. The number of quaternary nitrogens is 1. The van der Waals surface area contributed by atoms with E-state index in [1.165, 1.54) is 0 Å². The van der Waals surface area contributed by atoms with E-state index in [-0.39, 0.29) is 16.3 Å². The number of hydrogen-bond donors (Lipinski definition) is 1. The first kappa shape index (κ1) is 18.2. The van der Waals surface area contributed by atoms with Crippen LogP contribution < -0.4 is 16.4 Å². The van der Waals surface area contributed by atoms with Crippen molar-refractivity contribution in [2.75, 3.05) is 0 Å². The molecule has 4 N–H and O–H groups in total. The summed E-state index contributed by atoms with van der Waals surface area (Å²) < 4.78 is 0. The van der Waals surface area contributed by atoms with Crippen LogP contribution >= 0.6 is 0 Å². The van der Waals surface area contributed by atoms with E-state index in [1.54, 1.807) is 0 Å². The van der Waals surface area contributed by atoms with E-state index in [0.717, 1.165) is 0 Å². The molecule has 4 nitrogen and oxygen atoms in total. The van der Waals surface area contributed by atoms with Gasteiger partial charge in [-0.3, -0.25) is 0 Å². The summed E-state index contributed by atoms with van der Waals surface area (Å²) >= 11 is 0. The van der Waals surface area contributed by atoms with Gasteiger partial charge in [0.1, 0.15) is 0 Å². The molecule has 0 unspecified atom stereocenters. The second kappa shape index (κ2) is 8.83. The summed E-state index contributed by atoms with van der Waals surface area (Å²) in [5.74, 6) is 0. The predicted octanol–water partition coefficient (Wildman–Crippen LogP) is -2.45. The Kier molecular flexibility index (Phi) is 26.7. The average molecular weight is 87.1 g/mol. The molecule has 0 rings (SSSR count). The van der Waals surface area contributed by atoms with Crippen molar-refractivity contribution >= 4 is 16.3 Å². The van der Waals surface area contributed by atoms with Crippen molar-refractivity contribution in [3.05, 3.63) is 0 Å². The zero-order valence-electron chi connectivity index (χ0n) is 3.43. The molecule has 0 aromatic carbocycles. The molecule has 5 heteroatoms. The third kappa shape index (κ3) is 54.1. The molecule has 32 valence electrons. The van der Waals surface area contributed by atoms with Gasteiger partial charge < -0.3 is 21.2 Å². The molecule has 0 aromatic rings. The van der Waals surface area contributed by atoms with Gasteiger partial charge in [0.15, 0.2) is 0 Å². The van der Waals surface area contributed by atoms with Crippen molar-refractivity contribution in [1.29, 1.82) is 0 Å². The third-order valence-electron chi connectivity index (χ3n) is 0. The molecule has 0 bridgehead atoms. The van der Waals surface area contributed by atoms with E-state index in [9.17, 15) is 0 Å². The van der Waals surface area contributed by atoms with E-state index >= 15 is 0 Å². The number of hydrogen-bond acceptors (Lipinski definition) is 3. The molecule has 0 aliphatic rings. The van der Waals surface area contributed by atoms with E-state index in [4.69, 9.17) is 15.0 Å². The van der Waals surface area contributed by atoms with Crippen molar-refractivity contribution in [1.82, 2.24) is 6.15 Å². The molecule has 0 spiro atoms. The van der Waals surface area contributed by atoms with Gasteiger partial charge in [-0.2, -0.15) is 0 Å². The van der Waals surface area contributed by atoms with Crippen LogP contribution in [0.2, 0.25) is 0 Å². The molecule has 0 atom stereocenters. The summed E-state index contributed by atoms with van der Waals surface area (Å²) in [5.41, 5.74) is 0. The maximum atomic E-state index is 8.33. The first-order valence-corrected chi connectivity index (χ1v) is 0.612. The van der Waals surface area contributed by atoms with E-state index in [1.807, 2.05) is 0 Å². The van der Waals surface area contributed by atoms with Crippen molar-refractivity contribution in [3.63, 3.8) is 0 Å². The molecule has 0 radical (unpaired) electrons. The van der Waals surface area contributed by atoms with Crippen LogP contribution in [-0.4, -0.2) is 16.3 Å². The molecular formula is CH4BeNO3+. The van der Waals surface area contributed by atoms with Gasteiger partial charge in [-0.1, -0.05) is 0 Å². The zero-order chi connectivity index (χ0) is 3.58.